The van der Waals surface area contributed by atoms with E-state index in [4.69, 9.17) is 5.73 Å². The van der Waals surface area contributed by atoms with Crippen molar-refractivity contribution in [2.75, 3.05) is 5.73 Å². The molecule has 0 bridgehead atoms. The molecule has 0 saturated heterocycles. The number of anilines is 1. The Bertz CT molecular complexity index is 697. The van der Waals surface area contributed by atoms with Crippen molar-refractivity contribution in [2.45, 2.75) is 6.92 Å². The zero-order chi connectivity index (χ0) is 14.4. The first-order valence-corrected chi connectivity index (χ1v) is 7.06. The maximum Gasteiger partial charge on any atom is 0.159 e. The van der Waals surface area contributed by atoms with Crippen LogP contribution in [0, 0.1) is 18.8 Å². The lowest BCUT2D eigenvalue weighted by Gasteiger charge is -1.88. The lowest BCUT2D eigenvalue weighted by atomic mass is 10.2. The van der Waals surface area contributed by atoms with Crippen LogP contribution in [0.4, 0.5) is 5.69 Å². The number of hydrogen-bond donors (Lipinski definition) is 1. The Kier molecular flexibility index (Phi) is 5.02. The quantitative estimate of drug-likeness (QED) is 0.566. The number of aromatic nitrogens is 2. The number of halogens is 1. The van der Waals surface area contributed by atoms with Gasteiger partial charge in [-0.05, 0) is 25.0 Å². The summed E-state index contributed by atoms with van der Waals surface area (Å²) >= 11 is 2.09. The summed E-state index contributed by atoms with van der Waals surface area (Å²) in [5.41, 5.74) is 9.02. The molecule has 0 aliphatic carbocycles. The van der Waals surface area contributed by atoms with Crippen LogP contribution < -0.4 is 5.73 Å². The van der Waals surface area contributed by atoms with Gasteiger partial charge in [0, 0.05) is 5.56 Å². The molecule has 2 rings (SSSR count). The number of hydrogen-bond acceptors (Lipinski definition) is 2. The molecule has 100 valence electrons. The molecule has 20 heavy (non-hydrogen) atoms. The molecule has 0 radical (unpaired) electrons. The fraction of sp³-hybridized carbons (Fsp3) is 0.0625. The van der Waals surface area contributed by atoms with Gasteiger partial charge in [-0.25, -0.2) is 2.90 Å². The van der Waals surface area contributed by atoms with Gasteiger partial charge >= 0.3 is 0 Å². The minimum atomic E-state index is 0.614. The molecule has 0 aliphatic rings. The normalized spacial score (nSPS) is 9.30. The predicted octanol–water partition coefficient (Wildman–Crippen LogP) is 3.50. The van der Waals surface area contributed by atoms with Crippen LogP contribution in [-0.4, -0.2) is 7.99 Å². The summed E-state index contributed by atoms with van der Waals surface area (Å²) in [5.74, 6) is 6.11. The molecule has 0 amide bonds. The van der Waals surface area contributed by atoms with Crippen molar-refractivity contribution in [1.82, 2.24) is 7.99 Å². The van der Waals surface area contributed by atoms with Gasteiger partial charge in [0.05, 0.1) is 34.2 Å². The van der Waals surface area contributed by atoms with Gasteiger partial charge in [-0.1, -0.05) is 48.4 Å². The van der Waals surface area contributed by atoms with E-state index in [1.54, 1.807) is 2.90 Å². The van der Waals surface area contributed by atoms with Gasteiger partial charge in [-0.3, -0.25) is 0 Å². The fourth-order valence-corrected chi connectivity index (χ4v) is 1.96. The molecule has 0 saturated carbocycles. The van der Waals surface area contributed by atoms with Crippen LogP contribution in [0.1, 0.15) is 17.0 Å². The van der Waals surface area contributed by atoms with Gasteiger partial charge in [0.2, 0.25) is 0 Å². The van der Waals surface area contributed by atoms with E-state index in [9.17, 15) is 0 Å². The van der Waals surface area contributed by atoms with Gasteiger partial charge in [0.25, 0.3) is 0 Å². The monoisotopic (exact) mass is 375 g/mol. The van der Waals surface area contributed by atoms with Crippen LogP contribution in [0.2, 0.25) is 0 Å². The zero-order valence-electron chi connectivity index (χ0n) is 11.0. The topological polar surface area (TPSA) is 43.8 Å². The van der Waals surface area contributed by atoms with Crippen molar-refractivity contribution in [3.8, 4) is 11.8 Å². The Morgan fingerprint density at radius 3 is 2.05 bits per heavy atom. The van der Waals surface area contributed by atoms with E-state index < -0.39 is 0 Å². The molecule has 4 heteroatoms. The first-order valence-electron chi connectivity index (χ1n) is 6.10. The molecule has 1 aromatic carbocycles. The number of nitrogen functional groups attached to an aromatic ring is 1. The maximum absolute atomic E-state index is 5.96. The van der Waals surface area contributed by atoms with Crippen molar-refractivity contribution in [1.29, 1.82) is 0 Å². The van der Waals surface area contributed by atoms with Crippen LogP contribution in [0.5, 0.6) is 0 Å². The van der Waals surface area contributed by atoms with Crippen LogP contribution in [0.3, 0.4) is 0 Å². The van der Waals surface area contributed by atoms with Crippen molar-refractivity contribution in [3.63, 3.8) is 0 Å². The standard InChI is InChI=1S/C16H14IN3/c1-13-16(18)15(19-20(13)17)12-11-14-9-7-5-3-2-4-6-8-10-14/h2-10H,18H2,1H3. The van der Waals surface area contributed by atoms with E-state index in [2.05, 4.69) is 39.8 Å². The number of nitrogens with two attached hydrogens (primary N) is 1. The summed E-state index contributed by atoms with van der Waals surface area (Å²) in [6.45, 7) is 1.92. The Hall–Kier alpha value is -2.00. The molecular weight excluding hydrogens is 361 g/mol. The molecular formula is C16H14IN3. The van der Waals surface area contributed by atoms with E-state index in [1.165, 1.54) is 0 Å². The zero-order valence-corrected chi connectivity index (χ0v) is 13.2. The lowest BCUT2D eigenvalue weighted by Crippen LogP contribution is -1.88. The highest BCUT2D eigenvalue weighted by Crippen LogP contribution is 2.16. The SMILES string of the molecule is Cc1c(N)c(C#Cc2ccccccccc2)nn1I. The number of rotatable bonds is 0. The molecule has 0 spiro atoms. The highest BCUT2D eigenvalue weighted by molar-refractivity contribution is 14.1. The molecule has 3 nitrogen and oxygen atoms in total. The summed E-state index contributed by atoms with van der Waals surface area (Å²) < 4.78 is 1.71. The van der Waals surface area contributed by atoms with Crippen molar-refractivity contribution in [3.05, 3.63) is 71.5 Å². The van der Waals surface area contributed by atoms with Gasteiger partial charge in [0.15, 0.2) is 5.69 Å². The summed E-state index contributed by atoms with van der Waals surface area (Å²) in [4.78, 5) is 0. The van der Waals surface area contributed by atoms with Gasteiger partial charge in [0.1, 0.15) is 0 Å². The summed E-state index contributed by atoms with van der Waals surface area (Å²) in [7, 11) is 0. The van der Waals surface area contributed by atoms with Gasteiger partial charge in [-0.2, -0.15) is 5.10 Å². The lowest BCUT2D eigenvalue weighted by molar-refractivity contribution is 1.00. The van der Waals surface area contributed by atoms with E-state index >= 15 is 0 Å². The maximum atomic E-state index is 5.96. The Morgan fingerprint density at radius 1 is 1.00 bits per heavy atom. The first kappa shape index (κ1) is 14.4. The largest absolute Gasteiger partial charge is 0.395 e. The van der Waals surface area contributed by atoms with Crippen LogP contribution in [0.15, 0.2) is 54.6 Å². The smallest absolute Gasteiger partial charge is 0.159 e. The van der Waals surface area contributed by atoms with E-state index in [0.717, 1.165) is 11.3 Å². The molecule has 0 unspecified atom stereocenters. The average molecular weight is 375 g/mol. The average Bonchev–Trinajstić information content (AvgIpc) is 2.70. The second-order valence-corrected chi connectivity index (χ2v) is 5.01. The van der Waals surface area contributed by atoms with Gasteiger partial charge < -0.3 is 5.73 Å². The molecule has 0 aliphatic heterocycles. The van der Waals surface area contributed by atoms with Crippen molar-refractivity contribution < 1.29 is 0 Å². The fourth-order valence-electron chi connectivity index (χ4n) is 1.49. The Balaban J connectivity index is 2.40. The summed E-state index contributed by atoms with van der Waals surface area (Å²) in [5, 5.41) is 4.28. The van der Waals surface area contributed by atoms with Crippen LogP contribution in [0.25, 0.3) is 0 Å². The van der Waals surface area contributed by atoms with E-state index in [-0.39, 0.29) is 0 Å². The molecule has 0 atom stereocenters. The Labute approximate surface area is 132 Å². The van der Waals surface area contributed by atoms with Crippen molar-refractivity contribution in [2.24, 2.45) is 0 Å². The molecule has 1 heterocycles. The van der Waals surface area contributed by atoms with E-state index in [1.807, 2.05) is 61.5 Å². The first-order chi connectivity index (χ1) is 9.68. The minimum absolute atomic E-state index is 0.614. The highest BCUT2D eigenvalue weighted by atomic mass is 127. The highest BCUT2D eigenvalue weighted by Gasteiger charge is 2.07. The molecule has 2 N–H and O–H groups in total. The second kappa shape index (κ2) is 6.96. The third-order valence-electron chi connectivity index (χ3n) is 2.65. The van der Waals surface area contributed by atoms with Crippen molar-refractivity contribution >= 4 is 28.6 Å². The molecule has 0 fully saturated rings. The minimum Gasteiger partial charge on any atom is -0.395 e. The number of nitrogens with zero attached hydrogens (tertiary/aromatic N) is 2. The third kappa shape index (κ3) is 3.75. The molecule has 2 aromatic rings. The summed E-state index contributed by atoms with van der Waals surface area (Å²) in [6.07, 6.45) is 0. The van der Waals surface area contributed by atoms with E-state index in [0.29, 0.717) is 11.4 Å². The third-order valence-corrected chi connectivity index (χ3v) is 3.59. The van der Waals surface area contributed by atoms with Crippen LogP contribution >= 0.6 is 22.9 Å². The summed E-state index contributed by atoms with van der Waals surface area (Å²) in [6, 6.07) is 17.7. The second-order valence-electron chi connectivity index (χ2n) is 4.09. The molecule has 1 aromatic heterocycles. The van der Waals surface area contributed by atoms with Crippen LogP contribution in [-0.2, 0) is 0 Å². The van der Waals surface area contributed by atoms with Gasteiger partial charge in [-0.15, -0.1) is 0 Å². The predicted molar refractivity (Wildman–Crippen MR) is 90.8 cm³/mol. The Morgan fingerprint density at radius 2 is 1.55 bits per heavy atom.